The Kier molecular flexibility index (Phi) is 5.26. The van der Waals surface area contributed by atoms with Crippen LogP contribution in [0.3, 0.4) is 0 Å². The molecule has 1 aromatic rings. The molecule has 1 heterocycles. The van der Waals surface area contributed by atoms with Crippen LogP contribution < -0.4 is 5.32 Å². The van der Waals surface area contributed by atoms with Gasteiger partial charge in [-0.1, -0.05) is 24.6 Å². The second-order valence-electron chi connectivity index (χ2n) is 5.44. The molecule has 1 fully saturated rings. The van der Waals surface area contributed by atoms with E-state index in [0.717, 1.165) is 37.4 Å². The topological polar surface area (TPSA) is 21.3 Å². The summed E-state index contributed by atoms with van der Waals surface area (Å²) >= 11 is 6.46. The maximum absolute atomic E-state index is 6.46. The van der Waals surface area contributed by atoms with Gasteiger partial charge in [0.15, 0.2) is 0 Å². The highest BCUT2D eigenvalue weighted by Crippen LogP contribution is 2.33. The van der Waals surface area contributed by atoms with Gasteiger partial charge in [-0.25, -0.2) is 0 Å². The molecule has 0 bridgehead atoms. The summed E-state index contributed by atoms with van der Waals surface area (Å²) in [6.45, 7) is 8.29. The Morgan fingerprint density at radius 2 is 2.11 bits per heavy atom. The molecule has 0 amide bonds. The molecule has 1 aliphatic heterocycles. The zero-order valence-corrected chi connectivity index (χ0v) is 12.9. The second kappa shape index (κ2) is 6.74. The van der Waals surface area contributed by atoms with Crippen LogP contribution in [-0.4, -0.2) is 19.3 Å². The third-order valence-corrected chi connectivity index (χ3v) is 4.23. The Morgan fingerprint density at radius 3 is 2.74 bits per heavy atom. The van der Waals surface area contributed by atoms with Crippen LogP contribution in [0.15, 0.2) is 12.1 Å². The summed E-state index contributed by atoms with van der Waals surface area (Å²) < 4.78 is 5.87. The molecule has 1 aromatic carbocycles. The van der Waals surface area contributed by atoms with Crippen LogP contribution in [0.5, 0.6) is 0 Å². The van der Waals surface area contributed by atoms with Crippen LogP contribution in [0.25, 0.3) is 0 Å². The van der Waals surface area contributed by atoms with E-state index in [-0.39, 0.29) is 12.1 Å². The van der Waals surface area contributed by atoms with E-state index < -0.39 is 0 Å². The van der Waals surface area contributed by atoms with Crippen LogP contribution in [0.4, 0.5) is 0 Å². The maximum atomic E-state index is 6.46. The molecule has 0 aromatic heterocycles. The lowest BCUT2D eigenvalue weighted by molar-refractivity contribution is 0.0783. The highest BCUT2D eigenvalue weighted by atomic mass is 35.5. The summed E-state index contributed by atoms with van der Waals surface area (Å²) in [6, 6.07) is 4.50. The Hall–Kier alpha value is -0.570. The summed E-state index contributed by atoms with van der Waals surface area (Å²) in [5.41, 5.74) is 3.72. The Labute approximate surface area is 121 Å². The van der Waals surface area contributed by atoms with Gasteiger partial charge in [-0.05, 0) is 62.4 Å². The predicted molar refractivity (Wildman–Crippen MR) is 80.9 cm³/mol. The SMILES string of the molecule is CCCNC(c1cc(C)c(C)cc1Cl)C1CCCO1. The van der Waals surface area contributed by atoms with Gasteiger partial charge in [-0.15, -0.1) is 0 Å². The van der Waals surface area contributed by atoms with Crippen molar-refractivity contribution in [3.63, 3.8) is 0 Å². The normalized spacial score (nSPS) is 20.7. The number of ether oxygens (including phenoxy) is 1. The Balaban J connectivity index is 2.28. The predicted octanol–water partition coefficient (Wildman–Crippen LogP) is 4.18. The Bertz CT molecular complexity index is 427. The maximum Gasteiger partial charge on any atom is 0.0771 e. The van der Waals surface area contributed by atoms with E-state index in [4.69, 9.17) is 16.3 Å². The monoisotopic (exact) mass is 281 g/mol. The van der Waals surface area contributed by atoms with Crippen LogP contribution in [-0.2, 0) is 4.74 Å². The van der Waals surface area contributed by atoms with E-state index in [0.29, 0.717) is 0 Å². The molecule has 2 nitrogen and oxygen atoms in total. The fourth-order valence-electron chi connectivity index (χ4n) is 2.65. The van der Waals surface area contributed by atoms with Crippen molar-refractivity contribution in [2.75, 3.05) is 13.2 Å². The first kappa shape index (κ1) is 14.8. The van der Waals surface area contributed by atoms with Gasteiger partial charge in [0, 0.05) is 11.6 Å². The van der Waals surface area contributed by atoms with Gasteiger partial charge in [0.05, 0.1) is 12.1 Å². The van der Waals surface area contributed by atoms with Crippen molar-refractivity contribution in [1.82, 2.24) is 5.32 Å². The van der Waals surface area contributed by atoms with Gasteiger partial charge < -0.3 is 10.1 Å². The number of halogens is 1. The minimum atomic E-state index is 0.217. The molecule has 2 atom stereocenters. The average molecular weight is 282 g/mol. The van der Waals surface area contributed by atoms with Gasteiger partial charge in [-0.2, -0.15) is 0 Å². The molecule has 1 aliphatic rings. The standard InChI is InChI=1S/C16H24ClNO/c1-4-7-18-16(15-6-5-8-19-15)13-9-11(2)12(3)10-14(13)17/h9-10,15-16,18H,4-8H2,1-3H3. The van der Waals surface area contributed by atoms with E-state index in [2.05, 4.69) is 38.2 Å². The lowest BCUT2D eigenvalue weighted by Gasteiger charge is -2.26. The molecule has 2 rings (SSSR count). The van der Waals surface area contributed by atoms with Gasteiger partial charge in [0.2, 0.25) is 0 Å². The van der Waals surface area contributed by atoms with Crippen molar-refractivity contribution in [1.29, 1.82) is 0 Å². The fourth-order valence-corrected chi connectivity index (χ4v) is 2.98. The Morgan fingerprint density at radius 1 is 1.37 bits per heavy atom. The van der Waals surface area contributed by atoms with Crippen molar-refractivity contribution < 1.29 is 4.74 Å². The summed E-state index contributed by atoms with van der Waals surface area (Å²) in [5, 5.41) is 4.46. The number of hydrogen-bond donors (Lipinski definition) is 1. The molecular weight excluding hydrogens is 258 g/mol. The third-order valence-electron chi connectivity index (χ3n) is 3.90. The lowest BCUT2D eigenvalue weighted by atomic mass is 9.95. The van der Waals surface area contributed by atoms with Gasteiger partial charge in [-0.3, -0.25) is 0 Å². The molecule has 2 unspecified atom stereocenters. The van der Waals surface area contributed by atoms with Crippen molar-refractivity contribution in [3.05, 3.63) is 33.8 Å². The van der Waals surface area contributed by atoms with Gasteiger partial charge in [0.1, 0.15) is 0 Å². The first-order valence-electron chi connectivity index (χ1n) is 7.25. The highest BCUT2D eigenvalue weighted by molar-refractivity contribution is 6.31. The summed E-state index contributed by atoms with van der Waals surface area (Å²) in [6.07, 6.45) is 3.64. The van der Waals surface area contributed by atoms with Crippen molar-refractivity contribution in [2.24, 2.45) is 0 Å². The minimum Gasteiger partial charge on any atom is -0.376 e. The first-order valence-corrected chi connectivity index (χ1v) is 7.63. The van der Waals surface area contributed by atoms with E-state index in [1.807, 2.05) is 0 Å². The molecule has 3 heteroatoms. The molecular formula is C16H24ClNO. The number of benzene rings is 1. The number of aryl methyl sites for hydroxylation is 2. The minimum absolute atomic E-state index is 0.217. The molecule has 19 heavy (non-hydrogen) atoms. The van der Waals surface area contributed by atoms with E-state index in [9.17, 15) is 0 Å². The molecule has 1 N–H and O–H groups in total. The van der Waals surface area contributed by atoms with Crippen LogP contribution in [0, 0.1) is 13.8 Å². The molecule has 0 saturated carbocycles. The zero-order valence-electron chi connectivity index (χ0n) is 12.1. The smallest absolute Gasteiger partial charge is 0.0771 e. The zero-order chi connectivity index (χ0) is 13.8. The van der Waals surface area contributed by atoms with Crippen LogP contribution in [0.1, 0.15) is 48.9 Å². The number of hydrogen-bond acceptors (Lipinski definition) is 2. The fraction of sp³-hybridized carbons (Fsp3) is 0.625. The van der Waals surface area contributed by atoms with Crippen molar-refractivity contribution in [2.45, 2.75) is 52.2 Å². The van der Waals surface area contributed by atoms with E-state index in [1.165, 1.54) is 16.7 Å². The second-order valence-corrected chi connectivity index (χ2v) is 5.85. The number of rotatable bonds is 5. The molecule has 1 saturated heterocycles. The van der Waals surface area contributed by atoms with Gasteiger partial charge in [0.25, 0.3) is 0 Å². The number of nitrogens with one attached hydrogen (secondary N) is 1. The quantitative estimate of drug-likeness (QED) is 0.874. The highest BCUT2D eigenvalue weighted by Gasteiger charge is 2.28. The van der Waals surface area contributed by atoms with Crippen molar-refractivity contribution >= 4 is 11.6 Å². The first-order chi connectivity index (χ1) is 9.13. The van der Waals surface area contributed by atoms with E-state index in [1.54, 1.807) is 0 Å². The third kappa shape index (κ3) is 3.50. The molecule has 0 radical (unpaired) electrons. The van der Waals surface area contributed by atoms with Crippen LogP contribution >= 0.6 is 11.6 Å². The average Bonchev–Trinajstić information content (AvgIpc) is 2.89. The molecule has 106 valence electrons. The van der Waals surface area contributed by atoms with Gasteiger partial charge >= 0.3 is 0 Å². The summed E-state index contributed by atoms with van der Waals surface area (Å²) in [5.74, 6) is 0. The van der Waals surface area contributed by atoms with Crippen LogP contribution in [0.2, 0.25) is 5.02 Å². The van der Waals surface area contributed by atoms with E-state index >= 15 is 0 Å². The van der Waals surface area contributed by atoms with Crippen molar-refractivity contribution in [3.8, 4) is 0 Å². The lowest BCUT2D eigenvalue weighted by Crippen LogP contribution is -2.32. The molecule has 0 spiro atoms. The largest absolute Gasteiger partial charge is 0.376 e. The summed E-state index contributed by atoms with van der Waals surface area (Å²) in [4.78, 5) is 0. The molecule has 0 aliphatic carbocycles. The summed E-state index contributed by atoms with van der Waals surface area (Å²) in [7, 11) is 0.